The summed E-state index contributed by atoms with van der Waals surface area (Å²) in [6.07, 6.45) is 1.55. The van der Waals surface area contributed by atoms with Gasteiger partial charge in [-0.2, -0.15) is 5.10 Å². The molecule has 102 valence electrons. The summed E-state index contributed by atoms with van der Waals surface area (Å²) in [4.78, 5) is 11.8. The highest BCUT2D eigenvalue weighted by Gasteiger charge is 2.03. The molecule has 0 bridgehead atoms. The van der Waals surface area contributed by atoms with Crippen molar-refractivity contribution in [3.8, 4) is 5.75 Å². The Kier molecular flexibility index (Phi) is 4.90. The first-order chi connectivity index (χ1) is 9.70. The molecule has 0 aliphatic heterocycles. The van der Waals surface area contributed by atoms with E-state index in [-0.39, 0.29) is 5.91 Å². The van der Waals surface area contributed by atoms with Crippen LogP contribution in [0.2, 0.25) is 0 Å². The molecule has 0 aromatic heterocycles. The Labute approximate surface area is 125 Å². The third-order valence-electron chi connectivity index (χ3n) is 2.62. The van der Waals surface area contributed by atoms with Crippen molar-refractivity contribution < 1.29 is 9.53 Å². The number of halogens is 1. The molecule has 0 spiro atoms. The number of hydrogen-bond acceptors (Lipinski definition) is 3. The van der Waals surface area contributed by atoms with Gasteiger partial charge in [-0.15, -0.1) is 0 Å². The zero-order valence-corrected chi connectivity index (χ0v) is 12.4. The molecule has 0 radical (unpaired) electrons. The van der Waals surface area contributed by atoms with Crippen LogP contribution in [0.5, 0.6) is 5.75 Å². The normalized spacial score (nSPS) is 10.5. The zero-order valence-electron chi connectivity index (χ0n) is 10.8. The fraction of sp³-hybridized carbons (Fsp3) is 0.0667. The van der Waals surface area contributed by atoms with Crippen molar-refractivity contribution in [2.75, 3.05) is 7.11 Å². The number of carbonyl (C=O) groups is 1. The molecule has 0 heterocycles. The number of amides is 1. The van der Waals surface area contributed by atoms with Gasteiger partial charge in [0.05, 0.1) is 13.3 Å². The van der Waals surface area contributed by atoms with Gasteiger partial charge < -0.3 is 4.74 Å². The third kappa shape index (κ3) is 3.68. The molecule has 2 rings (SSSR count). The quantitative estimate of drug-likeness (QED) is 0.690. The van der Waals surface area contributed by atoms with Crippen molar-refractivity contribution in [2.24, 2.45) is 5.10 Å². The number of methoxy groups -OCH3 is 1. The highest BCUT2D eigenvalue weighted by atomic mass is 79.9. The van der Waals surface area contributed by atoms with Gasteiger partial charge in [0.2, 0.25) is 0 Å². The maximum absolute atomic E-state index is 11.8. The Morgan fingerprint density at radius 1 is 1.20 bits per heavy atom. The van der Waals surface area contributed by atoms with E-state index < -0.39 is 0 Å². The van der Waals surface area contributed by atoms with Crippen LogP contribution in [-0.2, 0) is 0 Å². The monoisotopic (exact) mass is 332 g/mol. The van der Waals surface area contributed by atoms with Crippen LogP contribution in [0.1, 0.15) is 15.9 Å². The smallest absolute Gasteiger partial charge is 0.271 e. The molecule has 0 aliphatic carbocycles. The molecule has 0 saturated carbocycles. The zero-order chi connectivity index (χ0) is 14.4. The average molecular weight is 333 g/mol. The van der Waals surface area contributed by atoms with Crippen molar-refractivity contribution in [2.45, 2.75) is 0 Å². The predicted octanol–water partition coefficient (Wildman–Crippen LogP) is 3.22. The van der Waals surface area contributed by atoms with Gasteiger partial charge in [0.1, 0.15) is 5.75 Å². The van der Waals surface area contributed by atoms with Crippen molar-refractivity contribution in [1.82, 2.24) is 5.43 Å². The Balaban J connectivity index is 2.02. The van der Waals surface area contributed by atoms with Crippen LogP contribution >= 0.6 is 15.9 Å². The number of nitrogens with one attached hydrogen (secondary N) is 1. The molecule has 0 atom stereocenters. The van der Waals surface area contributed by atoms with Crippen LogP contribution in [0.15, 0.2) is 58.1 Å². The van der Waals surface area contributed by atoms with E-state index in [1.165, 1.54) is 0 Å². The van der Waals surface area contributed by atoms with Crippen LogP contribution < -0.4 is 10.2 Å². The van der Waals surface area contributed by atoms with E-state index in [9.17, 15) is 4.79 Å². The van der Waals surface area contributed by atoms with Crippen LogP contribution in [-0.4, -0.2) is 19.2 Å². The molecule has 4 nitrogen and oxygen atoms in total. The lowest BCUT2D eigenvalue weighted by Crippen LogP contribution is -2.17. The predicted molar refractivity (Wildman–Crippen MR) is 82.2 cm³/mol. The number of carbonyl (C=O) groups excluding carboxylic acids is 1. The molecule has 5 heteroatoms. The fourth-order valence-corrected chi connectivity index (χ4v) is 1.86. The summed E-state index contributed by atoms with van der Waals surface area (Å²) in [6.45, 7) is 0. The second-order valence-corrected chi connectivity index (χ2v) is 4.86. The Hall–Kier alpha value is -2.14. The minimum Gasteiger partial charge on any atom is -0.496 e. The molecule has 0 unspecified atom stereocenters. The average Bonchev–Trinajstić information content (AvgIpc) is 2.48. The van der Waals surface area contributed by atoms with Crippen molar-refractivity contribution in [3.05, 3.63) is 64.1 Å². The number of hydrogen-bond donors (Lipinski definition) is 1. The summed E-state index contributed by atoms with van der Waals surface area (Å²) in [5.74, 6) is 0.442. The Bertz CT molecular complexity index is 624. The van der Waals surface area contributed by atoms with Crippen LogP contribution in [0.4, 0.5) is 0 Å². The third-order valence-corrected chi connectivity index (χ3v) is 3.14. The van der Waals surface area contributed by atoms with Crippen LogP contribution in [0, 0.1) is 0 Å². The molecule has 0 aliphatic rings. The second-order valence-electron chi connectivity index (χ2n) is 3.95. The van der Waals surface area contributed by atoms with E-state index in [4.69, 9.17) is 4.74 Å². The van der Waals surface area contributed by atoms with E-state index in [1.54, 1.807) is 37.6 Å². The van der Waals surface area contributed by atoms with E-state index in [0.29, 0.717) is 11.3 Å². The number of benzene rings is 2. The first-order valence-corrected chi connectivity index (χ1v) is 6.72. The molecule has 1 N–H and O–H groups in total. The number of ether oxygens (including phenoxy) is 1. The largest absolute Gasteiger partial charge is 0.496 e. The highest BCUT2D eigenvalue weighted by molar-refractivity contribution is 9.10. The SMILES string of the molecule is COc1ccccc1/C=N\NC(=O)c1ccc(Br)cc1. The van der Waals surface area contributed by atoms with Gasteiger partial charge >= 0.3 is 0 Å². The molecular formula is C15H13BrN2O2. The van der Waals surface area contributed by atoms with Gasteiger partial charge in [0.15, 0.2) is 0 Å². The molecule has 2 aromatic rings. The van der Waals surface area contributed by atoms with Gasteiger partial charge in [-0.25, -0.2) is 5.43 Å². The van der Waals surface area contributed by atoms with Gasteiger partial charge in [-0.05, 0) is 36.4 Å². The molecule has 20 heavy (non-hydrogen) atoms. The maximum Gasteiger partial charge on any atom is 0.271 e. The van der Waals surface area contributed by atoms with Gasteiger partial charge in [-0.3, -0.25) is 4.79 Å². The summed E-state index contributed by atoms with van der Waals surface area (Å²) >= 11 is 3.32. The number of para-hydroxylation sites is 1. The lowest BCUT2D eigenvalue weighted by molar-refractivity contribution is 0.0955. The summed E-state index contributed by atoms with van der Waals surface area (Å²) in [5.41, 5.74) is 3.82. The van der Waals surface area contributed by atoms with E-state index in [1.807, 2.05) is 24.3 Å². The fourth-order valence-electron chi connectivity index (χ4n) is 1.60. The summed E-state index contributed by atoms with van der Waals surface area (Å²) < 4.78 is 6.11. The summed E-state index contributed by atoms with van der Waals surface area (Å²) in [5, 5.41) is 3.93. The van der Waals surface area contributed by atoms with Gasteiger partial charge in [-0.1, -0.05) is 28.1 Å². The Morgan fingerprint density at radius 2 is 1.90 bits per heavy atom. The van der Waals surface area contributed by atoms with Gasteiger partial charge in [0, 0.05) is 15.6 Å². The number of nitrogens with zero attached hydrogens (tertiary/aromatic N) is 1. The van der Waals surface area contributed by atoms with Crippen LogP contribution in [0.3, 0.4) is 0 Å². The number of hydrazone groups is 1. The molecule has 0 saturated heterocycles. The van der Waals surface area contributed by atoms with Crippen LogP contribution in [0.25, 0.3) is 0 Å². The van der Waals surface area contributed by atoms with E-state index in [2.05, 4.69) is 26.5 Å². The lowest BCUT2D eigenvalue weighted by Gasteiger charge is -2.03. The minimum atomic E-state index is -0.261. The first-order valence-electron chi connectivity index (χ1n) is 5.92. The minimum absolute atomic E-state index is 0.261. The molecular weight excluding hydrogens is 320 g/mol. The number of rotatable bonds is 4. The van der Waals surface area contributed by atoms with Crippen molar-refractivity contribution in [3.63, 3.8) is 0 Å². The summed E-state index contributed by atoms with van der Waals surface area (Å²) in [7, 11) is 1.59. The lowest BCUT2D eigenvalue weighted by atomic mass is 10.2. The summed E-state index contributed by atoms with van der Waals surface area (Å²) in [6, 6.07) is 14.5. The Morgan fingerprint density at radius 3 is 2.60 bits per heavy atom. The standard InChI is InChI=1S/C15H13BrN2O2/c1-20-14-5-3-2-4-12(14)10-17-18-15(19)11-6-8-13(16)9-7-11/h2-10H,1H3,(H,18,19)/b17-10-. The first kappa shape index (κ1) is 14.3. The highest BCUT2D eigenvalue weighted by Crippen LogP contribution is 2.14. The van der Waals surface area contributed by atoms with Gasteiger partial charge in [0.25, 0.3) is 5.91 Å². The van der Waals surface area contributed by atoms with Crippen molar-refractivity contribution in [1.29, 1.82) is 0 Å². The second kappa shape index (κ2) is 6.86. The topological polar surface area (TPSA) is 50.7 Å². The molecule has 1 amide bonds. The van der Waals surface area contributed by atoms with Crippen molar-refractivity contribution >= 4 is 28.1 Å². The van der Waals surface area contributed by atoms with E-state index in [0.717, 1.165) is 10.0 Å². The molecule has 0 fully saturated rings. The molecule has 2 aromatic carbocycles. The maximum atomic E-state index is 11.8. The van der Waals surface area contributed by atoms with E-state index >= 15 is 0 Å².